The zero-order valence-corrected chi connectivity index (χ0v) is 16.5. The fourth-order valence-corrected chi connectivity index (χ4v) is 2.49. The summed E-state index contributed by atoms with van der Waals surface area (Å²) in [6, 6.07) is 5.72. The highest BCUT2D eigenvalue weighted by Crippen LogP contribution is 2.12. The van der Waals surface area contributed by atoms with Gasteiger partial charge in [-0.2, -0.15) is 8.42 Å². The summed E-state index contributed by atoms with van der Waals surface area (Å²) in [5, 5.41) is 27.3. The van der Waals surface area contributed by atoms with E-state index in [-0.39, 0.29) is 47.5 Å². The second-order valence-corrected chi connectivity index (χ2v) is 6.81. The maximum Gasteiger partial charge on any atom is 0.323 e. The molecule has 0 bridgehead atoms. The van der Waals surface area contributed by atoms with Crippen molar-refractivity contribution < 1.29 is 37.1 Å². The summed E-state index contributed by atoms with van der Waals surface area (Å²) in [4.78, 5) is 17.4. The Bertz CT molecular complexity index is 1210. The van der Waals surface area contributed by atoms with E-state index in [1.807, 2.05) is 0 Å². The molecule has 0 aromatic heterocycles. The molecule has 0 saturated heterocycles. The van der Waals surface area contributed by atoms with Crippen molar-refractivity contribution in [3.05, 3.63) is 45.4 Å². The first-order chi connectivity index (χ1) is 14.7. The van der Waals surface area contributed by atoms with Crippen LogP contribution in [0.25, 0.3) is 21.1 Å². The summed E-state index contributed by atoms with van der Waals surface area (Å²) in [5.41, 5.74) is -0.787. The maximum atomic E-state index is 11.3. The lowest BCUT2D eigenvalue weighted by Gasteiger charge is -2.12. The Morgan fingerprint density at radius 2 is 1.48 bits per heavy atom. The first kappa shape index (κ1) is 24.9. The number of aliphatic hydroxyl groups is 1. The van der Waals surface area contributed by atoms with Crippen LogP contribution in [0.15, 0.2) is 12.1 Å². The molecule has 0 fully saturated rings. The van der Waals surface area contributed by atoms with Gasteiger partial charge in [0.1, 0.15) is 31.3 Å². The number of benzene rings is 1. The van der Waals surface area contributed by atoms with Crippen molar-refractivity contribution >= 4 is 27.5 Å². The topological polar surface area (TPSA) is 176 Å². The number of aliphatic hydroxyl groups excluding tert-OH is 1. The quantitative estimate of drug-likeness (QED) is 0.206. The van der Waals surface area contributed by atoms with E-state index in [1.165, 1.54) is 12.1 Å². The molecule has 0 radical (unpaired) electrons. The van der Waals surface area contributed by atoms with Gasteiger partial charge in [-0.05, 0) is 12.1 Å². The predicted octanol–water partition coefficient (Wildman–Crippen LogP) is -1.03. The third-order valence-electron chi connectivity index (χ3n) is 3.28. The van der Waals surface area contributed by atoms with Crippen LogP contribution in [0.2, 0.25) is 0 Å². The normalized spacial score (nSPS) is 12.2. The van der Waals surface area contributed by atoms with Crippen LogP contribution >= 0.6 is 0 Å². The van der Waals surface area contributed by atoms with Crippen LogP contribution in [-0.2, 0) is 19.6 Å². The molecule has 0 unspecified atom stereocenters. The Balaban J connectivity index is 3.39. The van der Waals surface area contributed by atoms with Gasteiger partial charge >= 0.3 is 5.97 Å². The molecule has 0 amide bonds. The van der Waals surface area contributed by atoms with Gasteiger partial charge in [-0.15, -0.1) is 0 Å². The van der Waals surface area contributed by atoms with Gasteiger partial charge in [0.25, 0.3) is 21.5 Å². The molecule has 0 heterocycles. The molecule has 0 aliphatic rings. The Morgan fingerprint density at radius 3 is 1.87 bits per heavy atom. The van der Waals surface area contributed by atoms with Gasteiger partial charge in [-0.25, -0.2) is 20.2 Å². The molecule has 12 nitrogen and oxygen atoms in total. The minimum Gasteiger partial charge on any atom is -0.492 e. The van der Waals surface area contributed by atoms with Crippen molar-refractivity contribution in [2.45, 2.75) is 0 Å². The molecule has 1 rings (SSSR count). The Kier molecular flexibility index (Phi) is 9.45. The van der Waals surface area contributed by atoms with Gasteiger partial charge in [0.05, 0.1) is 31.9 Å². The van der Waals surface area contributed by atoms with Crippen molar-refractivity contribution in [3.8, 4) is 23.6 Å². The van der Waals surface area contributed by atoms with E-state index in [9.17, 15) is 23.7 Å². The zero-order chi connectivity index (χ0) is 23.4. The van der Waals surface area contributed by atoms with Crippen LogP contribution in [0.3, 0.4) is 0 Å². The lowest BCUT2D eigenvalue weighted by molar-refractivity contribution is -0.141. The summed E-state index contributed by atoms with van der Waals surface area (Å²) in [6.45, 7) is 12.9. The molecule has 1 aromatic rings. The van der Waals surface area contributed by atoms with Crippen molar-refractivity contribution in [3.63, 3.8) is 0 Å². The number of rotatable bonds is 9. The van der Waals surface area contributed by atoms with Gasteiger partial charge in [0.15, 0.2) is 5.75 Å². The molecule has 31 heavy (non-hydrogen) atoms. The highest BCUT2D eigenvalue weighted by atomic mass is 32.2. The van der Waals surface area contributed by atoms with Crippen molar-refractivity contribution in [1.29, 1.82) is 10.5 Å². The molecule has 1 aromatic carbocycles. The number of hydrogen-bond acceptors (Lipinski definition) is 9. The lowest BCUT2D eigenvalue weighted by Crippen LogP contribution is -2.23. The monoisotopic (exact) mass is 446 g/mol. The minimum atomic E-state index is -4.55. The number of nitriles is 2. The number of nitrogens with zero attached hydrogens (tertiary/aromatic N) is 4. The van der Waals surface area contributed by atoms with E-state index in [4.69, 9.17) is 32.3 Å². The summed E-state index contributed by atoms with van der Waals surface area (Å²) in [7, 11) is -4.55. The second kappa shape index (κ2) is 11.8. The molecule has 2 N–H and O–H groups in total. The van der Waals surface area contributed by atoms with E-state index < -0.39 is 34.1 Å². The standard InChI is InChI=1S/C18H14N4O8S/c1-21-14(9-19)12-8-17(29-5-6-30-18(24)11-31(25,26)27)13(15(10-20)22-2)7-16(12)28-4-3-23/h7-8,23H,3-6,11H2,(H,25,26,27). The summed E-state index contributed by atoms with van der Waals surface area (Å²) in [6.07, 6.45) is 0. The van der Waals surface area contributed by atoms with Crippen LogP contribution in [0.1, 0.15) is 0 Å². The molecular formula is C18H14N4O8S. The SMILES string of the molecule is [C-]#[N+]C(C#N)=c1cc(OCCOC(=O)CS(=O)(=O)O)c(=C(C#N)[N+]#[C-])cc1OCCO. The summed E-state index contributed by atoms with van der Waals surface area (Å²) >= 11 is 0. The van der Waals surface area contributed by atoms with Crippen LogP contribution in [-0.4, -0.2) is 56.2 Å². The second-order valence-electron chi connectivity index (χ2n) is 5.36. The molecule has 0 aliphatic carbocycles. The first-order valence-corrected chi connectivity index (χ1v) is 9.76. The maximum absolute atomic E-state index is 11.3. The smallest absolute Gasteiger partial charge is 0.323 e. The fourth-order valence-electron chi connectivity index (χ4n) is 2.11. The first-order valence-electron chi connectivity index (χ1n) is 8.15. The molecule has 0 saturated carbocycles. The average Bonchev–Trinajstić information content (AvgIpc) is 2.71. The lowest BCUT2D eigenvalue weighted by atomic mass is 10.1. The summed E-state index contributed by atoms with van der Waals surface area (Å²) < 4.78 is 45.2. The van der Waals surface area contributed by atoms with Gasteiger partial charge in [-0.1, -0.05) is 0 Å². The van der Waals surface area contributed by atoms with E-state index in [0.717, 1.165) is 0 Å². The van der Waals surface area contributed by atoms with Crippen molar-refractivity contribution in [2.24, 2.45) is 0 Å². The van der Waals surface area contributed by atoms with E-state index in [1.54, 1.807) is 12.1 Å². The largest absolute Gasteiger partial charge is 0.492 e. The Morgan fingerprint density at radius 1 is 1.00 bits per heavy atom. The van der Waals surface area contributed by atoms with Gasteiger partial charge in [0.2, 0.25) is 0 Å². The van der Waals surface area contributed by atoms with Crippen LogP contribution in [0.4, 0.5) is 0 Å². The highest BCUT2D eigenvalue weighted by molar-refractivity contribution is 7.86. The van der Waals surface area contributed by atoms with Gasteiger partial charge < -0.3 is 19.3 Å². The molecule has 0 aliphatic heterocycles. The fraction of sp³-hybridized carbons (Fsp3) is 0.278. The third kappa shape index (κ3) is 7.65. The minimum absolute atomic E-state index is 0.0182. The van der Waals surface area contributed by atoms with Gasteiger partial charge in [-0.3, -0.25) is 9.35 Å². The van der Waals surface area contributed by atoms with Crippen LogP contribution in [0, 0.1) is 35.8 Å². The molecule has 0 spiro atoms. The average molecular weight is 446 g/mol. The number of ether oxygens (including phenoxy) is 3. The third-order valence-corrected chi connectivity index (χ3v) is 3.88. The number of esters is 1. The zero-order valence-electron chi connectivity index (χ0n) is 15.7. The van der Waals surface area contributed by atoms with E-state index in [0.29, 0.717) is 0 Å². The van der Waals surface area contributed by atoms with E-state index in [2.05, 4.69) is 14.4 Å². The van der Waals surface area contributed by atoms with Crippen LogP contribution < -0.4 is 19.9 Å². The van der Waals surface area contributed by atoms with Crippen LogP contribution in [0.5, 0.6) is 11.5 Å². The van der Waals surface area contributed by atoms with Gasteiger partial charge in [0, 0.05) is 10.4 Å². The van der Waals surface area contributed by atoms with E-state index >= 15 is 0 Å². The Labute approximate surface area is 176 Å². The highest BCUT2D eigenvalue weighted by Gasteiger charge is 2.15. The Hall–Kier alpha value is -4.14. The molecule has 13 heteroatoms. The molecule has 160 valence electrons. The number of carbonyl (C=O) groups is 1. The van der Waals surface area contributed by atoms with Crippen molar-refractivity contribution in [1.82, 2.24) is 0 Å². The summed E-state index contributed by atoms with van der Waals surface area (Å²) in [5.74, 6) is -2.62. The molecular weight excluding hydrogens is 432 g/mol. The van der Waals surface area contributed by atoms with Crippen molar-refractivity contribution in [2.75, 3.05) is 32.2 Å². The number of hydrogen-bond donors (Lipinski definition) is 2. The molecule has 0 atom stereocenters. The predicted molar refractivity (Wildman–Crippen MR) is 102 cm³/mol. The number of carbonyl (C=O) groups excluding carboxylic acids is 1.